The molecule has 1 heterocycles. The summed E-state index contributed by atoms with van der Waals surface area (Å²) in [5.41, 5.74) is 6.72. The highest BCUT2D eigenvalue weighted by Crippen LogP contribution is 2.32. The van der Waals surface area contributed by atoms with Gasteiger partial charge in [-0.25, -0.2) is 0 Å². The lowest BCUT2D eigenvalue weighted by Crippen LogP contribution is -2.13. The summed E-state index contributed by atoms with van der Waals surface area (Å²) in [5.74, 6) is 0.248. The fourth-order valence-electron chi connectivity index (χ4n) is 2.00. The van der Waals surface area contributed by atoms with Crippen LogP contribution in [0.2, 0.25) is 0 Å². The van der Waals surface area contributed by atoms with Crippen molar-refractivity contribution in [3.63, 3.8) is 0 Å². The van der Waals surface area contributed by atoms with Gasteiger partial charge in [0.25, 0.3) is 0 Å². The van der Waals surface area contributed by atoms with Gasteiger partial charge in [-0.1, -0.05) is 25.1 Å². The van der Waals surface area contributed by atoms with Gasteiger partial charge in [-0.3, -0.25) is 5.43 Å². The minimum absolute atomic E-state index is 0.201. The first kappa shape index (κ1) is 10.2. The van der Waals surface area contributed by atoms with Crippen molar-refractivity contribution in [3.8, 4) is 0 Å². The second-order valence-electron chi connectivity index (χ2n) is 3.74. The van der Waals surface area contributed by atoms with Gasteiger partial charge in [-0.05, 0) is 24.0 Å². The highest BCUT2D eigenvalue weighted by molar-refractivity contribution is 5.78. The average Bonchev–Trinajstić information content (AvgIpc) is 2.29. The van der Waals surface area contributed by atoms with Gasteiger partial charge in [0.1, 0.15) is 0 Å². The number of aryl methyl sites for hydroxylation is 1. The van der Waals surface area contributed by atoms with Gasteiger partial charge in [-0.15, -0.1) is 0 Å². The number of nitrogens with zero attached hydrogens (tertiary/aromatic N) is 1. The highest BCUT2D eigenvalue weighted by atomic mass is 16.3. The van der Waals surface area contributed by atoms with E-state index in [0.717, 1.165) is 18.5 Å². The fraction of sp³-hybridized carbons (Fsp3) is 0.417. The number of aliphatic hydroxyl groups excluding tert-OH is 1. The molecule has 2 rings (SSSR count). The van der Waals surface area contributed by atoms with Crippen molar-refractivity contribution in [2.45, 2.75) is 25.7 Å². The Balaban J connectivity index is 2.38. The first-order valence-electron chi connectivity index (χ1n) is 5.38. The van der Waals surface area contributed by atoms with Crippen LogP contribution in [0.25, 0.3) is 0 Å². The Morgan fingerprint density at radius 2 is 2.33 bits per heavy atom. The predicted molar refractivity (Wildman–Crippen MR) is 62.4 cm³/mol. The maximum atomic E-state index is 8.99. The average molecular weight is 204 g/mol. The van der Waals surface area contributed by atoms with Crippen molar-refractivity contribution >= 4 is 11.9 Å². The number of hydrogen-bond acceptors (Lipinski definition) is 3. The first-order chi connectivity index (χ1) is 7.36. The summed E-state index contributed by atoms with van der Waals surface area (Å²) < 4.78 is 0. The molecule has 3 heteroatoms. The molecule has 2 N–H and O–H groups in total. The number of hydrazone groups is 1. The molecule has 0 spiro atoms. The van der Waals surface area contributed by atoms with E-state index >= 15 is 0 Å². The second-order valence-corrected chi connectivity index (χ2v) is 3.74. The number of rotatable bonds is 3. The topological polar surface area (TPSA) is 44.6 Å². The number of aliphatic hydroxyl groups is 1. The summed E-state index contributed by atoms with van der Waals surface area (Å²) in [6.07, 6.45) is 3.61. The molecule has 1 aliphatic heterocycles. The van der Waals surface area contributed by atoms with Crippen molar-refractivity contribution in [2.75, 3.05) is 12.0 Å². The lowest BCUT2D eigenvalue weighted by Gasteiger charge is -2.22. The molecule has 0 amide bonds. The maximum absolute atomic E-state index is 8.99. The zero-order valence-electron chi connectivity index (χ0n) is 8.90. The van der Waals surface area contributed by atoms with Crippen molar-refractivity contribution in [2.24, 2.45) is 5.10 Å². The number of fused-ring (bicyclic) bond motifs is 1. The van der Waals surface area contributed by atoms with Gasteiger partial charge < -0.3 is 5.11 Å². The largest absolute Gasteiger partial charge is 0.396 e. The van der Waals surface area contributed by atoms with Gasteiger partial charge in [0.05, 0.1) is 5.69 Å². The first-order valence-corrected chi connectivity index (χ1v) is 5.38. The maximum Gasteiger partial charge on any atom is 0.0632 e. The summed E-state index contributed by atoms with van der Waals surface area (Å²) in [6, 6.07) is 6.29. The van der Waals surface area contributed by atoms with E-state index in [9.17, 15) is 0 Å². The molecule has 1 aliphatic rings. The zero-order chi connectivity index (χ0) is 10.7. The minimum atomic E-state index is 0.201. The molecule has 0 radical (unpaired) electrons. The molecule has 0 aliphatic carbocycles. The van der Waals surface area contributed by atoms with E-state index in [4.69, 9.17) is 5.11 Å². The van der Waals surface area contributed by atoms with Gasteiger partial charge in [0, 0.05) is 18.7 Å². The Kier molecular flexibility index (Phi) is 3.02. The number of nitrogens with one attached hydrogen (secondary N) is 1. The number of hydrogen-bond donors (Lipinski definition) is 2. The minimum Gasteiger partial charge on any atom is -0.396 e. The van der Waals surface area contributed by atoms with Crippen LogP contribution in [0.5, 0.6) is 0 Å². The normalized spacial score (nSPS) is 18.4. The fourth-order valence-corrected chi connectivity index (χ4v) is 2.00. The summed E-state index contributed by atoms with van der Waals surface area (Å²) in [7, 11) is 0. The van der Waals surface area contributed by atoms with Crippen molar-refractivity contribution in [1.29, 1.82) is 0 Å². The second kappa shape index (κ2) is 4.45. The smallest absolute Gasteiger partial charge is 0.0632 e. The van der Waals surface area contributed by atoms with Crippen LogP contribution in [0.15, 0.2) is 23.3 Å². The Labute approximate surface area is 89.8 Å². The van der Waals surface area contributed by atoms with E-state index in [1.807, 2.05) is 6.21 Å². The zero-order valence-corrected chi connectivity index (χ0v) is 8.90. The molecular weight excluding hydrogens is 188 g/mol. The summed E-state index contributed by atoms with van der Waals surface area (Å²) >= 11 is 0. The van der Waals surface area contributed by atoms with Gasteiger partial charge in [-0.2, -0.15) is 5.10 Å². The molecule has 0 fully saturated rings. The SMILES string of the molecule is CCc1cccc2c1NN=CC2CCO. The van der Waals surface area contributed by atoms with Crippen LogP contribution in [0.4, 0.5) is 5.69 Å². The molecule has 0 saturated heterocycles. The molecule has 1 unspecified atom stereocenters. The van der Waals surface area contributed by atoms with Crippen LogP contribution < -0.4 is 5.43 Å². The summed E-state index contributed by atoms with van der Waals surface area (Å²) in [6.45, 7) is 2.34. The molecule has 0 bridgehead atoms. The van der Waals surface area contributed by atoms with E-state index in [2.05, 4.69) is 35.7 Å². The lowest BCUT2D eigenvalue weighted by molar-refractivity contribution is 0.285. The molecule has 3 nitrogen and oxygen atoms in total. The van der Waals surface area contributed by atoms with Crippen LogP contribution in [-0.2, 0) is 6.42 Å². The van der Waals surface area contributed by atoms with Crippen LogP contribution >= 0.6 is 0 Å². The van der Waals surface area contributed by atoms with E-state index in [1.165, 1.54) is 11.1 Å². The molecule has 1 aromatic rings. The van der Waals surface area contributed by atoms with Crippen molar-refractivity contribution in [3.05, 3.63) is 29.3 Å². The molecule has 1 aromatic carbocycles. The van der Waals surface area contributed by atoms with Crippen LogP contribution in [0.1, 0.15) is 30.4 Å². The highest BCUT2D eigenvalue weighted by Gasteiger charge is 2.18. The molecule has 0 aromatic heterocycles. The Bertz CT molecular complexity index is 374. The Morgan fingerprint density at radius 3 is 3.07 bits per heavy atom. The van der Waals surface area contributed by atoms with Crippen LogP contribution in [0.3, 0.4) is 0 Å². The van der Waals surface area contributed by atoms with Gasteiger partial charge in [0.2, 0.25) is 0 Å². The van der Waals surface area contributed by atoms with Crippen LogP contribution in [0, 0.1) is 0 Å². The van der Waals surface area contributed by atoms with Gasteiger partial charge >= 0.3 is 0 Å². The van der Waals surface area contributed by atoms with E-state index in [1.54, 1.807) is 0 Å². The molecular formula is C12H16N2O. The van der Waals surface area contributed by atoms with Crippen molar-refractivity contribution < 1.29 is 5.11 Å². The molecule has 0 saturated carbocycles. The van der Waals surface area contributed by atoms with Gasteiger partial charge in [0.15, 0.2) is 0 Å². The quantitative estimate of drug-likeness (QED) is 0.792. The van der Waals surface area contributed by atoms with E-state index in [-0.39, 0.29) is 12.5 Å². The van der Waals surface area contributed by atoms with Crippen LogP contribution in [-0.4, -0.2) is 17.9 Å². The van der Waals surface area contributed by atoms with E-state index < -0.39 is 0 Å². The van der Waals surface area contributed by atoms with E-state index in [0.29, 0.717) is 0 Å². The monoisotopic (exact) mass is 204 g/mol. The standard InChI is InChI=1S/C12H16N2O/c1-2-9-4-3-5-11-10(6-7-15)8-13-14-12(9)11/h3-5,8,10,14-15H,2,6-7H2,1H3. The third-order valence-corrected chi connectivity index (χ3v) is 2.83. The number of benzene rings is 1. The summed E-state index contributed by atoms with van der Waals surface area (Å²) in [5, 5.41) is 13.1. The third kappa shape index (κ3) is 1.88. The third-order valence-electron chi connectivity index (χ3n) is 2.83. The number of anilines is 1. The number of para-hydroxylation sites is 1. The lowest BCUT2D eigenvalue weighted by atomic mass is 9.92. The Morgan fingerprint density at radius 1 is 1.47 bits per heavy atom. The van der Waals surface area contributed by atoms with Crippen molar-refractivity contribution in [1.82, 2.24) is 0 Å². The molecule has 1 atom stereocenters. The molecule has 15 heavy (non-hydrogen) atoms. The Hall–Kier alpha value is -1.35. The summed E-state index contributed by atoms with van der Waals surface area (Å²) in [4.78, 5) is 0. The molecule has 80 valence electrons. The predicted octanol–water partition coefficient (Wildman–Crippen LogP) is 2.13.